The fourth-order valence-corrected chi connectivity index (χ4v) is 2.62. The van der Waals surface area contributed by atoms with Gasteiger partial charge in [-0.3, -0.25) is 4.79 Å². The summed E-state index contributed by atoms with van der Waals surface area (Å²) < 4.78 is 5.22. The minimum absolute atomic E-state index is 0.0299. The van der Waals surface area contributed by atoms with E-state index < -0.39 is 5.91 Å². The zero-order valence-electron chi connectivity index (χ0n) is 13.7. The van der Waals surface area contributed by atoms with Gasteiger partial charge in [0.15, 0.2) is 0 Å². The van der Waals surface area contributed by atoms with Crippen molar-refractivity contribution in [3.63, 3.8) is 0 Å². The molecule has 3 aromatic carbocycles. The van der Waals surface area contributed by atoms with Crippen LogP contribution in [0.1, 0.15) is 5.56 Å². The second-order valence-electron chi connectivity index (χ2n) is 5.39. The van der Waals surface area contributed by atoms with Crippen molar-refractivity contribution in [1.29, 1.82) is 5.26 Å². The maximum absolute atomic E-state index is 12.5. The van der Waals surface area contributed by atoms with Crippen molar-refractivity contribution in [3.05, 3.63) is 77.9 Å². The zero-order valence-corrected chi connectivity index (χ0v) is 13.7. The van der Waals surface area contributed by atoms with Crippen LogP contribution in [0, 0.1) is 11.3 Å². The number of nitriles is 1. The Hall–Kier alpha value is -3.58. The predicted octanol–water partition coefficient (Wildman–Crippen LogP) is 4.39. The maximum atomic E-state index is 12.5. The lowest BCUT2D eigenvalue weighted by Gasteiger charge is -2.09. The number of para-hydroxylation sites is 2. The number of amides is 1. The first-order chi connectivity index (χ1) is 12.2. The first-order valence-electron chi connectivity index (χ1n) is 7.77. The number of nitrogens with zero attached hydrogens (tertiary/aromatic N) is 1. The molecular weight excluding hydrogens is 312 g/mol. The lowest BCUT2D eigenvalue weighted by molar-refractivity contribution is -0.112. The van der Waals surface area contributed by atoms with Crippen LogP contribution in [0.4, 0.5) is 5.69 Å². The molecule has 25 heavy (non-hydrogen) atoms. The molecule has 122 valence electrons. The molecule has 0 heterocycles. The molecule has 0 aliphatic rings. The monoisotopic (exact) mass is 328 g/mol. The van der Waals surface area contributed by atoms with Crippen LogP contribution in [0.2, 0.25) is 0 Å². The largest absolute Gasteiger partial charge is 0.495 e. The van der Waals surface area contributed by atoms with E-state index in [2.05, 4.69) is 5.32 Å². The van der Waals surface area contributed by atoms with E-state index >= 15 is 0 Å². The fourth-order valence-electron chi connectivity index (χ4n) is 2.62. The molecule has 1 N–H and O–H groups in total. The van der Waals surface area contributed by atoms with E-state index in [0.29, 0.717) is 11.4 Å². The summed E-state index contributed by atoms with van der Waals surface area (Å²) in [4.78, 5) is 12.5. The van der Waals surface area contributed by atoms with Crippen molar-refractivity contribution in [1.82, 2.24) is 0 Å². The van der Waals surface area contributed by atoms with Crippen molar-refractivity contribution >= 4 is 28.4 Å². The molecule has 0 aromatic heterocycles. The lowest BCUT2D eigenvalue weighted by atomic mass is 10.0. The molecule has 0 saturated carbocycles. The van der Waals surface area contributed by atoms with Gasteiger partial charge in [0.2, 0.25) is 0 Å². The molecule has 0 saturated heterocycles. The third-order valence-corrected chi connectivity index (χ3v) is 3.84. The minimum Gasteiger partial charge on any atom is -0.495 e. The van der Waals surface area contributed by atoms with Crippen LogP contribution in [0.3, 0.4) is 0 Å². The van der Waals surface area contributed by atoms with Gasteiger partial charge in [0, 0.05) is 0 Å². The first kappa shape index (κ1) is 16.3. The Morgan fingerprint density at radius 2 is 1.76 bits per heavy atom. The fraction of sp³-hybridized carbons (Fsp3) is 0.0476. The summed E-state index contributed by atoms with van der Waals surface area (Å²) in [6.45, 7) is 0. The van der Waals surface area contributed by atoms with Gasteiger partial charge in [0.05, 0.1) is 12.8 Å². The average Bonchev–Trinajstić information content (AvgIpc) is 2.66. The van der Waals surface area contributed by atoms with Gasteiger partial charge in [-0.1, -0.05) is 54.6 Å². The van der Waals surface area contributed by atoms with E-state index in [9.17, 15) is 10.1 Å². The van der Waals surface area contributed by atoms with Gasteiger partial charge in [-0.25, -0.2) is 0 Å². The van der Waals surface area contributed by atoms with Gasteiger partial charge >= 0.3 is 0 Å². The molecule has 0 atom stereocenters. The van der Waals surface area contributed by atoms with Crippen LogP contribution in [0.25, 0.3) is 16.8 Å². The van der Waals surface area contributed by atoms with Crippen LogP contribution >= 0.6 is 0 Å². The summed E-state index contributed by atoms with van der Waals surface area (Å²) in [5.41, 5.74) is 1.38. The number of benzene rings is 3. The van der Waals surface area contributed by atoms with Gasteiger partial charge in [0.25, 0.3) is 5.91 Å². The maximum Gasteiger partial charge on any atom is 0.266 e. The van der Waals surface area contributed by atoms with Crippen molar-refractivity contribution in [2.45, 2.75) is 0 Å². The number of ether oxygens (including phenoxy) is 1. The number of carbonyl (C=O) groups is 1. The Labute approximate surface area is 146 Å². The van der Waals surface area contributed by atoms with Crippen LogP contribution < -0.4 is 10.1 Å². The van der Waals surface area contributed by atoms with Gasteiger partial charge in [-0.05, 0) is 34.5 Å². The Bertz CT molecular complexity index is 995. The van der Waals surface area contributed by atoms with Crippen LogP contribution in [0.15, 0.2) is 72.3 Å². The highest BCUT2D eigenvalue weighted by Crippen LogP contribution is 2.25. The quantitative estimate of drug-likeness (QED) is 0.570. The normalized spacial score (nSPS) is 11.0. The summed E-state index contributed by atoms with van der Waals surface area (Å²) in [5, 5.41) is 14.2. The van der Waals surface area contributed by atoms with E-state index in [4.69, 9.17) is 4.74 Å². The molecule has 3 aromatic rings. The molecule has 0 aliphatic carbocycles. The molecule has 0 radical (unpaired) electrons. The molecule has 0 aliphatic heterocycles. The molecule has 0 unspecified atom stereocenters. The second-order valence-corrected chi connectivity index (χ2v) is 5.39. The number of hydrogen-bond acceptors (Lipinski definition) is 3. The standard InChI is InChI=1S/C21H16N2O2/c1-25-20-12-5-4-11-19(20)23-21(24)17(14-22)13-16-9-6-8-15-7-2-3-10-18(15)16/h2-13H,1H3,(H,23,24)/b17-13+. The summed E-state index contributed by atoms with van der Waals surface area (Å²) in [6.07, 6.45) is 1.60. The molecule has 0 bridgehead atoms. The molecule has 4 nitrogen and oxygen atoms in total. The van der Waals surface area contributed by atoms with E-state index in [-0.39, 0.29) is 5.57 Å². The Morgan fingerprint density at radius 1 is 1.04 bits per heavy atom. The average molecular weight is 328 g/mol. The Kier molecular flexibility index (Phi) is 4.77. The summed E-state index contributed by atoms with van der Waals surface area (Å²) in [5.74, 6) is 0.0678. The Morgan fingerprint density at radius 3 is 2.56 bits per heavy atom. The highest BCUT2D eigenvalue weighted by atomic mass is 16.5. The topological polar surface area (TPSA) is 62.1 Å². The van der Waals surface area contributed by atoms with Crippen molar-refractivity contribution < 1.29 is 9.53 Å². The highest BCUT2D eigenvalue weighted by molar-refractivity contribution is 6.11. The van der Waals surface area contributed by atoms with Crippen LogP contribution in [-0.4, -0.2) is 13.0 Å². The van der Waals surface area contributed by atoms with E-state index in [1.807, 2.05) is 54.6 Å². The highest BCUT2D eigenvalue weighted by Gasteiger charge is 2.12. The Balaban J connectivity index is 1.95. The van der Waals surface area contributed by atoms with Gasteiger partial charge in [-0.15, -0.1) is 0 Å². The number of rotatable bonds is 4. The minimum atomic E-state index is -0.472. The lowest BCUT2D eigenvalue weighted by Crippen LogP contribution is -2.14. The van der Waals surface area contributed by atoms with Crippen LogP contribution in [0.5, 0.6) is 5.75 Å². The van der Waals surface area contributed by atoms with Crippen molar-refractivity contribution in [2.24, 2.45) is 0 Å². The molecule has 3 rings (SSSR count). The second kappa shape index (κ2) is 7.33. The summed E-state index contributed by atoms with van der Waals surface area (Å²) in [6, 6.07) is 22.7. The number of anilines is 1. The third-order valence-electron chi connectivity index (χ3n) is 3.84. The van der Waals surface area contributed by atoms with Gasteiger partial charge in [-0.2, -0.15) is 5.26 Å². The van der Waals surface area contributed by atoms with Gasteiger partial charge in [0.1, 0.15) is 17.4 Å². The molecular formula is C21H16N2O2. The van der Waals surface area contributed by atoms with Crippen LogP contribution in [-0.2, 0) is 4.79 Å². The molecule has 1 amide bonds. The molecule has 4 heteroatoms. The van der Waals surface area contributed by atoms with Crippen molar-refractivity contribution in [3.8, 4) is 11.8 Å². The third kappa shape index (κ3) is 3.51. The van der Waals surface area contributed by atoms with E-state index in [1.54, 1.807) is 24.3 Å². The number of fused-ring (bicyclic) bond motifs is 1. The number of nitrogens with one attached hydrogen (secondary N) is 1. The summed E-state index contributed by atoms with van der Waals surface area (Å²) in [7, 11) is 1.53. The molecule has 0 spiro atoms. The number of hydrogen-bond donors (Lipinski definition) is 1. The predicted molar refractivity (Wildman–Crippen MR) is 99.2 cm³/mol. The first-order valence-corrected chi connectivity index (χ1v) is 7.77. The van der Waals surface area contributed by atoms with Gasteiger partial charge < -0.3 is 10.1 Å². The van der Waals surface area contributed by atoms with E-state index in [0.717, 1.165) is 16.3 Å². The summed E-state index contributed by atoms with van der Waals surface area (Å²) >= 11 is 0. The van der Waals surface area contributed by atoms with E-state index in [1.165, 1.54) is 7.11 Å². The number of methoxy groups -OCH3 is 1. The smallest absolute Gasteiger partial charge is 0.266 e. The number of carbonyl (C=O) groups excluding carboxylic acids is 1. The SMILES string of the molecule is COc1ccccc1NC(=O)/C(C#N)=C/c1cccc2ccccc12. The molecule has 0 fully saturated rings. The zero-order chi connectivity index (χ0) is 17.6. The van der Waals surface area contributed by atoms with Crippen molar-refractivity contribution in [2.75, 3.05) is 12.4 Å².